The number of aryl methyl sites for hydroxylation is 1. The number of benzene rings is 2. The minimum Gasteiger partial charge on any atom is -0.508 e. The molecular formula is C17H16N2O2S. The number of aromatic nitrogens is 1. The predicted molar refractivity (Wildman–Crippen MR) is 90.2 cm³/mol. The quantitative estimate of drug-likeness (QED) is 0.693. The highest BCUT2D eigenvalue weighted by Crippen LogP contribution is 2.30. The molecule has 112 valence electrons. The fraction of sp³-hybridized carbons (Fsp3) is 0.118. The van der Waals surface area contributed by atoms with E-state index in [-0.39, 0.29) is 5.75 Å². The Morgan fingerprint density at radius 3 is 2.59 bits per heavy atom. The lowest BCUT2D eigenvalue weighted by Gasteiger charge is -2.05. The molecule has 0 aliphatic heterocycles. The van der Waals surface area contributed by atoms with E-state index in [0.29, 0.717) is 0 Å². The molecule has 5 heteroatoms. The topological polar surface area (TPSA) is 54.4 Å². The van der Waals surface area contributed by atoms with Gasteiger partial charge in [0.2, 0.25) is 0 Å². The molecule has 0 bridgehead atoms. The fourth-order valence-corrected chi connectivity index (χ4v) is 2.91. The van der Waals surface area contributed by atoms with E-state index >= 15 is 0 Å². The molecule has 0 fully saturated rings. The van der Waals surface area contributed by atoms with Crippen molar-refractivity contribution in [3.05, 3.63) is 53.4 Å². The summed E-state index contributed by atoms with van der Waals surface area (Å²) in [5.41, 5.74) is 3.97. The highest BCUT2D eigenvalue weighted by molar-refractivity contribution is 7.14. The standard InChI is InChI=1S/C17H16N2O2S/c1-11-9-12(3-8-16(11)21-2)15-10-22-17(19-15)18-13-4-6-14(20)7-5-13/h3-10,20H,1-2H3,(H,18,19). The van der Waals surface area contributed by atoms with Crippen molar-refractivity contribution < 1.29 is 9.84 Å². The first kappa shape index (κ1) is 14.4. The van der Waals surface area contributed by atoms with Gasteiger partial charge in [0.05, 0.1) is 12.8 Å². The van der Waals surface area contributed by atoms with Crippen LogP contribution in [0.4, 0.5) is 10.8 Å². The first-order chi connectivity index (χ1) is 10.7. The molecule has 1 heterocycles. The molecule has 3 rings (SSSR count). The lowest BCUT2D eigenvalue weighted by Crippen LogP contribution is -1.90. The van der Waals surface area contributed by atoms with Gasteiger partial charge in [0, 0.05) is 16.6 Å². The Hall–Kier alpha value is -2.53. The SMILES string of the molecule is COc1ccc(-c2csc(Nc3ccc(O)cc3)n2)cc1C. The molecule has 0 saturated heterocycles. The van der Waals surface area contributed by atoms with Crippen molar-refractivity contribution in [2.75, 3.05) is 12.4 Å². The number of nitrogens with one attached hydrogen (secondary N) is 1. The second kappa shape index (κ2) is 6.07. The summed E-state index contributed by atoms with van der Waals surface area (Å²) in [6.07, 6.45) is 0. The number of phenolic OH excluding ortho intramolecular Hbond substituents is 1. The monoisotopic (exact) mass is 312 g/mol. The van der Waals surface area contributed by atoms with Gasteiger partial charge < -0.3 is 15.2 Å². The van der Waals surface area contributed by atoms with Crippen LogP contribution in [-0.4, -0.2) is 17.2 Å². The van der Waals surface area contributed by atoms with Gasteiger partial charge in [0.15, 0.2) is 5.13 Å². The third kappa shape index (κ3) is 3.04. The average Bonchev–Trinajstić information content (AvgIpc) is 2.98. The maximum absolute atomic E-state index is 9.29. The molecule has 1 aromatic heterocycles. The van der Waals surface area contributed by atoms with Gasteiger partial charge >= 0.3 is 0 Å². The number of aromatic hydroxyl groups is 1. The van der Waals surface area contributed by atoms with Crippen molar-refractivity contribution in [3.8, 4) is 22.8 Å². The van der Waals surface area contributed by atoms with Gasteiger partial charge in [0.1, 0.15) is 11.5 Å². The number of nitrogens with zero attached hydrogens (tertiary/aromatic N) is 1. The first-order valence-corrected chi connectivity index (χ1v) is 7.70. The highest BCUT2D eigenvalue weighted by atomic mass is 32.1. The molecule has 0 aliphatic carbocycles. The van der Waals surface area contributed by atoms with Gasteiger partial charge in [-0.1, -0.05) is 0 Å². The van der Waals surface area contributed by atoms with Crippen LogP contribution in [0.2, 0.25) is 0 Å². The summed E-state index contributed by atoms with van der Waals surface area (Å²) in [6.45, 7) is 2.02. The Bertz CT molecular complexity index is 782. The second-order valence-electron chi connectivity index (χ2n) is 4.89. The van der Waals surface area contributed by atoms with Gasteiger partial charge in [-0.05, 0) is 55.0 Å². The molecule has 0 atom stereocenters. The van der Waals surface area contributed by atoms with Crippen molar-refractivity contribution in [2.45, 2.75) is 6.92 Å². The average molecular weight is 312 g/mol. The zero-order chi connectivity index (χ0) is 15.5. The second-order valence-corrected chi connectivity index (χ2v) is 5.75. The van der Waals surface area contributed by atoms with Gasteiger partial charge in [0.25, 0.3) is 0 Å². The Labute approximate surface area is 133 Å². The van der Waals surface area contributed by atoms with E-state index < -0.39 is 0 Å². The van der Waals surface area contributed by atoms with Crippen LogP contribution in [0.1, 0.15) is 5.56 Å². The Balaban J connectivity index is 1.81. The van der Waals surface area contributed by atoms with Crippen molar-refractivity contribution in [1.29, 1.82) is 0 Å². The summed E-state index contributed by atoms with van der Waals surface area (Å²) in [4.78, 5) is 4.60. The van der Waals surface area contributed by atoms with Crippen LogP contribution in [0.15, 0.2) is 47.8 Å². The van der Waals surface area contributed by atoms with E-state index in [1.807, 2.05) is 36.6 Å². The normalized spacial score (nSPS) is 10.5. The van der Waals surface area contributed by atoms with Crippen LogP contribution in [0, 0.1) is 6.92 Å². The van der Waals surface area contributed by atoms with Crippen molar-refractivity contribution >= 4 is 22.2 Å². The molecule has 0 radical (unpaired) electrons. The minimum absolute atomic E-state index is 0.249. The smallest absolute Gasteiger partial charge is 0.187 e. The molecule has 2 N–H and O–H groups in total. The Morgan fingerprint density at radius 2 is 1.91 bits per heavy atom. The van der Waals surface area contributed by atoms with E-state index in [9.17, 15) is 5.11 Å². The molecule has 0 aliphatic rings. The van der Waals surface area contributed by atoms with Gasteiger partial charge in [-0.25, -0.2) is 4.98 Å². The third-order valence-corrected chi connectivity index (χ3v) is 4.07. The summed E-state index contributed by atoms with van der Waals surface area (Å²) in [7, 11) is 1.67. The van der Waals surface area contributed by atoms with Crippen LogP contribution < -0.4 is 10.1 Å². The third-order valence-electron chi connectivity index (χ3n) is 3.31. The molecule has 3 aromatic rings. The van der Waals surface area contributed by atoms with Crippen LogP contribution in [-0.2, 0) is 0 Å². The van der Waals surface area contributed by atoms with E-state index in [4.69, 9.17) is 4.74 Å². The van der Waals surface area contributed by atoms with Gasteiger partial charge in [-0.2, -0.15) is 0 Å². The summed E-state index contributed by atoms with van der Waals surface area (Å²) >= 11 is 1.54. The summed E-state index contributed by atoms with van der Waals surface area (Å²) in [6, 6.07) is 12.9. The molecule has 22 heavy (non-hydrogen) atoms. The summed E-state index contributed by atoms with van der Waals surface area (Å²) < 4.78 is 5.28. The summed E-state index contributed by atoms with van der Waals surface area (Å²) in [5, 5.41) is 15.4. The number of methoxy groups -OCH3 is 1. The van der Waals surface area contributed by atoms with E-state index in [2.05, 4.69) is 16.4 Å². The van der Waals surface area contributed by atoms with E-state index in [1.165, 1.54) is 0 Å². The molecule has 0 unspecified atom stereocenters. The van der Waals surface area contributed by atoms with Crippen LogP contribution >= 0.6 is 11.3 Å². The zero-order valence-corrected chi connectivity index (χ0v) is 13.1. The molecule has 0 spiro atoms. The molecule has 2 aromatic carbocycles. The van der Waals surface area contributed by atoms with Crippen molar-refractivity contribution in [3.63, 3.8) is 0 Å². The van der Waals surface area contributed by atoms with Crippen LogP contribution in [0.25, 0.3) is 11.3 Å². The molecule has 0 amide bonds. The lowest BCUT2D eigenvalue weighted by molar-refractivity contribution is 0.412. The highest BCUT2D eigenvalue weighted by Gasteiger charge is 2.07. The fourth-order valence-electron chi connectivity index (χ4n) is 2.17. The number of hydrogen-bond acceptors (Lipinski definition) is 5. The van der Waals surface area contributed by atoms with Crippen molar-refractivity contribution in [2.24, 2.45) is 0 Å². The van der Waals surface area contributed by atoms with Gasteiger partial charge in [-0.3, -0.25) is 0 Å². The zero-order valence-electron chi connectivity index (χ0n) is 12.3. The number of thiazole rings is 1. The molecular weight excluding hydrogens is 296 g/mol. The summed E-state index contributed by atoms with van der Waals surface area (Å²) in [5.74, 6) is 1.13. The molecule has 4 nitrogen and oxygen atoms in total. The largest absolute Gasteiger partial charge is 0.508 e. The maximum Gasteiger partial charge on any atom is 0.187 e. The number of anilines is 2. The van der Waals surface area contributed by atoms with Gasteiger partial charge in [-0.15, -0.1) is 11.3 Å². The Morgan fingerprint density at radius 1 is 1.14 bits per heavy atom. The van der Waals surface area contributed by atoms with Crippen molar-refractivity contribution in [1.82, 2.24) is 4.98 Å². The van der Waals surface area contributed by atoms with Crippen LogP contribution in [0.3, 0.4) is 0 Å². The van der Waals surface area contributed by atoms with E-state index in [1.54, 1.807) is 30.6 Å². The van der Waals surface area contributed by atoms with E-state index in [0.717, 1.165) is 33.4 Å². The number of phenols is 1. The maximum atomic E-state index is 9.29. The number of hydrogen-bond donors (Lipinski definition) is 2. The minimum atomic E-state index is 0.249. The number of ether oxygens (including phenoxy) is 1. The lowest BCUT2D eigenvalue weighted by atomic mass is 10.1. The first-order valence-electron chi connectivity index (χ1n) is 6.82. The number of rotatable bonds is 4. The predicted octanol–water partition coefficient (Wildman–Crippen LogP) is 4.58. The Kier molecular flexibility index (Phi) is 3.98. The van der Waals surface area contributed by atoms with Crippen LogP contribution in [0.5, 0.6) is 11.5 Å². The molecule has 0 saturated carbocycles.